The van der Waals surface area contributed by atoms with Gasteiger partial charge in [-0.05, 0) is 19.4 Å². The minimum Gasteiger partial charge on any atom is -0.286 e. The SMILES string of the molecule is CCOP(=O)(OCC)ONCc1ccccc1. The second-order valence-corrected chi connectivity index (χ2v) is 4.77. The third-order valence-electron chi connectivity index (χ3n) is 1.87. The summed E-state index contributed by atoms with van der Waals surface area (Å²) in [6.07, 6.45) is 0. The van der Waals surface area contributed by atoms with E-state index in [1.54, 1.807) is 13.8 Å². The molecule has 17 heavy (non-hydrogen) atoms. The number of phosphoric acid groups is 1. The number of hydrogen-bond donors (Lipinski definition) is 1. The molecule has 0 saturated carbocycles. The van der Waals surface area contributed by atoms with Crippen LogP contribution in [0.5, 0.6) is 0 Å². The maximum Gasteiger partial charge on any atom is 0.491 e. The third kappa shape index (κ3) is 5.44. The summed E-state index contributed by atoms with van der Waals surface area (Å²) >= 11 is 0. The first-order chi connectivity index (χ1) is 8.20. The average molecular weight is 259 g/mol. The van der Waals surface area contributed by atoms with Crippen LogP contribution in [-0.2, 0) is 24.8 Å². The lowest BCUT2D eigenvalue weighted by atomic mass is 10.2. The van der Waals surface area contributed by atoms with Crippen molar-refractivity contribution in [1.29, 1.82) is 0 Å². The monoisotopic (exact) mass is 259 g/mol. The minimum atomic E-state index is -3.47. The number of benzene rings is 1. The molecule has 0 saturated heterocycles. The lowest BCUT2D eigenvalue weighted by Crippen LogP contribution is -2.14. The predicted molar refractivity (Wildman–Crippen MR) is 65.2 cm³/mol. The van der Waals surface area contributed by atoms with Gasteiger partial charge in [0.2, 0.25) is 0 Å². The maximum atomic E-state index is 11.9. The zero-order chi connectivity index (χ0) is 12.6. The summed E-state index contributed by atoms with van der Waals surface area (Å²) in [5.41, 5.74) is 3.62. The van der Waals surface area contributed by atoms with E-state index in [1.807, 2.05) is 30.3 Å². The second-order valence-electron chi connectivity index (χ2n) is 3.18. The quantitative estimate of drug-likeness (QED) is 0.574. The number of phosphoric ester groups is 1. The van der Waals surface area contributed by atoms with Gasteiger partial charge in [0, 0.05) is 6.54 Å². The Morgan fingerprint density at radius 2 is 1.71 bits per heavy atom. The van der Waals surface area contributed by atoms with Crippen molar-refractivity contribution in [2.45, 2.75) is 20.4 Å². The van der Waals surface area contributed by atoms with Gasteiger partial charge in [0.1, 0.15) is 0 Å². The second kappa shape index (κ2) is 7.58. The number of hydrogen-bond acceptors (Lipinski definition) is 5. The molecule has 0 aliphatic carbocycles. The molecule has 0 amide bonds. The van der Waals surface area contributed by atoms with Crippen molar-refractivity contribution >= 4 is 7.82 Å². The van der Waals surface area contributed by atoms with E-state index in [0.717, 1.165) is 5.56 Å². The van der Waals surface area contributed by atoms with Crippen molar-refractivity contribution in [3.63, 3.8) is 0 Å². The van der Waals surface area contributed by atoms with Gasteiger partial charge in [0.15, 0.2) is 0 Å². The van der Waals surface area contributed by atoms with Gasteiger partial charge in [0.25, 0.3) is 0 Å². The normalized spacial score (nSPS) is 11.6. The van der Waals surface area contributed by atoms with Gasteiger partial charge < -0.3 is 0 Å². The van der Waals surface area contributed by atoms with Crippen LogP contribution in [0, 0.1) is 0 Å². The molecule has 0 spiro atoms. The molecule has 1 N–H and O–H groups in total. The fraction of sp³-hybridized carbons (Fsp3) is 0.455. The summed E-state index contributed by atoms with van der Waals surface area (Å²) in [5.74, 6) is 0. The Morgan fingerprint density at radius 1 is 1.12 bits per heavy atom. The summed E-state index contributed by atoms with van der Waals surface area (Å²) in [5, 5.41) is 0. The van der Waals surface area contributed by atoms with Crippen LogP contribution in [0.4, 0.5) is 0 Å². The van der Waals surface area contributed by atoms with Crippen LogP contribution in [0.3, 0.4) is 0 Å². The molecule has 0 atom stereocenters. The van der Waals surface area contributed by atoms with Gasteiger partial charge in [0.05, 0.1) is 13.2 Å². The Labute approximate surface area is 102 Å². The van der Waals surface area contributed by atoms with Crippen LogP contribution in [0.15, 0.2) is 30.3 Å². The Bertz CT molecular complexity index is 348. The fourth-order valence-corrected chi connectivity index (χ4v) is 2.23. The predicted octanol–water partition coefficient (Wildman–Crippen LogP) is 2.89. The molecule has 0 aromatic heterocycles. The summed E-state index contributed by atoms with van der Waals surface area (Å²) in [6.45, 7) is 4.43. The van der Waals surface area contributed by atoms with Gasteiger partial charge in [-0.2, -0.15) is 10.1 Å². The summed E-state index contributed by atoms with van der Waals surface area (Å²) in [4.78, 5) is 0. The number of rotatable bonds is 8. The summed E-state index contributed by atoms with van der Waals surface area (Å²) in [7, 11) is -3.47. The highest BCUT2D eigenvalue weighted by Gasteiger charge is 2.25. The third-order valence-corrected chi connectivity index (χ3v) is 3.37. The van der Waals surface area contributed by atoms with Crippen LogP contribution in [0.1, 0.15) is 19.4 Å². The lowest BCUT2D eigenvalue weighted by molar-refractivity contribution is 0.0744. The first-order valence-corrected chi connectivity index (χ1v) is 7.00. The molecule has 6 heteroatoms. The molecule has 0 fully saturated rings. The van der Waals surface area contributed by atoms with Crippen LogP contribution in [0.2, 0.25) is 0 Å². The first kappa shape index (κ1) is 14.4. The van der Waals surface area contributed by atoms with Gasteiger partial charge in [-0.15, -0.1) is 0 Å². The molecule has 0 radical (unpaired) electrons. The molecule has 0 aliphatic rings. The highest BCUT2D eigenvalue weighted by Crippen LogP contribution is 2.48. The largest absolute Gasteiger partial charge is 0.491 e. The van der Waals surface area contributed by atoms with Crippen LogP contribution in [0.25, 0.3) is 0 Å². The highest BCUT2D eigenvalue weighted by molar-refractivity contribution is 7.48. The van der Waals surface area contributed by atoms with Gasteiger partial charge in [-0.25, -0.2) is 4.57 Å². The van der Waals surface area contributed by atoms with E-state index in [1.165, 1.54) is 0 Å². The van der Waals surface area contributed by atoms with Crippen molar-refractivity contribution in [3.05, 3.63) is 35.9 Å². The van der Waals surface area contributed by atoms with Crippen LogP contribution >= 0.6 is 7.82 Å². The topological polar surface area (TPSA) is 56.8 Å². The van der Waals surface area contributed by atoms with E-state index >= 15 is 0 Å². The molecule has 5 nitrogen and oxygen atoms in total. The molecule has 0 unspecified atom stereocenters. The van der Waals surface area contributed by atoms with Gasteiger partial charge >= 0.3 is 7.82 Å². The van der Waals surface area contributed by atoms with E-state index in [9.17, 15) is 4.57 Å². The fourth-order valence-electron chi connectivity index (χ4n) is 1.20. The van der Waals surface area contributed by atoms with Crippen molar-refractivity contribution in [1.82, 2.24) is 5.48 Å². The molecule has 1 rings (SSSR count). The molecule has 1 aromatic carbocycles. The molecule has 1 aromatic rings. The lowest BCUT2D eigenvalue weighted by Gasteiger charge is -2.16. The zero-order valence-corrected chi connectivity index (χ0v) is 11.0. The number of hydroxylamine groups is 1. The molecule has 0 aliphatic heterocycles. The highest BCUT2D eigenvalue weighted by atomic mass is 31.2. The Hall–Kier alpha value is -0.710. The molecule has 0 bridgehead atoms. The Morgan fingerprint density at radius 3 is 2.24 bits per heavy atom. The first-order valence-electron chi connectivity index (χ1n) is 5.54. The van der Waals surface area contributed by atoms with E-state index in [0.29, 0.717) is 6.54 Å². The molecular formula is C11H18NO4P. The summed E-state index contributed by atoms with van der Waals surface area (Å²) < 4.78 is 26.8. The van der Waals surface area contributed by atoms with Crippen molar-refractivity contribution in [2.75, 3.05) is 13.2 Å². The van der Waals surface area contributed by atoms with Gasteiger partial charge in [-0.1, -0.05) is 30.3 Å². The molecule has 96 valence electrons. The van der Waals surface area contributed by atoms with E-state index in [-0.39, 0.29) is 13.2 Å². The van der Waals surface area contributed by atoms with Crippen LogP contribution < -0.4 is 5.48 Å². The standard InChI is InChI=1S/C11H18NO4P/c1-3-14-17(13,15-4-2)16-12-10-11-8-6-5-7-9-11/h5-9,12H,3-4,10H2,1-2H3. The smallest absolute Gasteiger partial charge is 0.286 e. The van der Waals surface area contributed by atoms with Gasteiger partial charge in [-0.3, -0.25) is 9.05 Å². The Kier molecular flexibility index (Phi) is 6.40. The Balaban J connectivity index is 2.40. The van der Waals surface area contributed by atoms with E-state index in [4.69, 9.17) is 13.7 Å². The van der Waals surface area contributed by atoms with E-state index in [2.05, 4.69) is 5.48 Å². The number of nitrogens with one attached hydrogen (secondary N) is 1. The van der Waals surface area contributed by atoms with E-state index < -0.39 is 7.82 Å². The minimum absolute atomic E-state index is 0.268. The maximum absolute atomic E-state index is 11.9. The summed E-state index contributed by atoms with van der Waals surface area (Å²) in [6, 6.07) is 9.63. The van der Waals surface area contributed by atoms with Crippen molar-refractivity contribution in [3.8, 4) is 0 Å². The van der Waals surface area contributed by atoms with Crippen molar-refractivity contribution in [2.24, 2.45) is 0 Å². The van der Waals surface area contributed by atoms with Crippen LogP contribution in [-0.4, -0.2) is 13.2 Å². The average Bonchev–Trinajstić information content (AvgIpc) is 2.31. The molecule has 0 heterocycles. The molecular weight excluding hydrogens is 241 g/mol. The zero-order valence-electron chi connectivity index (χ0n) is 10.1. The van der Waals surface area contributed by atoms with Crippen molar-refractivity contribution < 1.29 is 18.2 Å².